The third kappa shape index (κ3) is 14.7. The Bertz CT molecular complexity index is 1160. The molecule has 3 aliphatic heterocycles. The molecule has 0 saturated carbocycles. The molecular formula is C29H45N5O12S2. The Morgan fingerprint density at radius 1 is 1.12 bits per heavy atom. The van der Waals surface area contributed by atoms with E-state index in [1.807, 2.05) is 0 Å². The summed E-state index contributed by atoms with van der Waals surface area (Å²) in [5.41, 5.74) is 5.51. The van der Waals surface area contributed by atoms with Crippen LogP contribution in [-0.2, 0) is 42.9 Å². The van der Waals surface area contributed by atoms with Gasteiger partial charge in [0, 0.05) is 31.0 Å². The van der Waals surface area contributed by atoms with Gasteiger partial charge < -0.3 is 55.2 Å². The number of aliphatic carboxylic acids is 2. The summed E-state index contributed by atoms with van der Waals surface area (Å²) in [4.78, 5) is 60.6. The highest BCUT2D eigenvalue weighted by atomic mass is 32.2. The number of hydrogen-bond acceptors (Lipinski definition) is 14. The van der Waals surface area contributed by atoms with Crippen molar-refractivity contribution < 1.29 is 57.9 Å². The lowest BCUT2D eigenvalue weighted by Gasteiger charge is -2.30. The van der Waals surface area contributed by atoms with Gasteiger partial charge in [0.1, 0.15) is 24.5 Å². The number of hydrogen-bond donors (Lipinski definition) is 6. The van der Waals surface area contributed by atoms with Gasteiger partial charge in [0.05, 0.1) is 50.0 Å². The van der Waals surface area contributed by atoms with Crippen LogP contribution in [0.4, 0.5) is 4.79 Å². The number of piperidine rings is 1. The van der Waals surface area contributed by atoms with E-state index in [1.54, 1.807) is 23.6 Å². The lowest BCUT2D eigenvalue weighted by Crippen LogP contribution is -2.48. The molecular weight excluding hydrogens is 674 g/mol. The Morgan fingerprint density at radius 2 is 1.90 bits per heavy atom. The molecule has 0 aliphatic carbocycles. The van der Waals surface area contributed by atoms with Crippen molar-refractivity contribution in [1.82, 2.24) is 20.9 Å². The Kier molecular flexibility index (Phi) is 17.6. The standard InChI is InChI=1S/C29H45N5O12S2/c1-2-31-29(41)44-8-3-4-13-47-14-12-43-11-10-42-9-7-34-26(38)21(15-20-27(34)45-20)48-17-19(24-25(46-24)32-16-23(36)37)33-22(35)6-5-18(30)28(39)40/h18-21,24-25,27,32H,2,5-17,30H2,1H3,(H,31,41)(H,33,35)(H,36,37)(H,39,40)/t18-,19-,20?,21?,24?,25?,27?/m0/s1. The van der Waals surface area contributed by atoms with Crippen LogP contribution in [0.5, 0.6) is 0 Å². The molecule has 3 amide bonds. The SMILES string of the molecule is CCNC(=O)OCC#CCSCCOCCOCCN1C(=O)C(SC[C@H](NC(=O)CC[C@H](N)C(=O)O)C2OC2NCC(=O)O)CC2OC21. The molecule has 5 unspecified atom stereocenters. The van der Waals surface area contributed by atoms with Gasteiger partial charge in [0.25, 0.3) is 0 Å². The van der Waals surface area contributed by atoms with Crippen LogP contribution < -0.4 is 21.7 Å². The van der Waals surface area contributed by atoms with Crippen LogP contribution in [0.2, 0.25) is 0 Å². The van der Waals surface area contributed by atoms with E-state index in [9.17, 15) is 24.0 Å². The summed E-state index contributed by atoms with van der Waals surface area (Å²) in [6.07, 6.45) is -1.56. The third-order valence-corrected chi connectivity index (χ3v) is 9.34. The molecule has 7 atom stereocenters. The molecule has 3 fully saturated rings. The zero-order chi connectivity index (χ0) is 34.9. The molecule has 7 N–H and O–H groups in total. The number of fused-ring (bicyclic) bond motifs is 1. The highest BCUT2D eigenvalue weighted by Gasteiger charge is 2.54. The number of rotatable bonds is 24. The molecule has 0 aromatic rings. The highest BCUT2D eigenvalue weighted by molar-refractivity contribution is 8.00. The number of carbonyl (C=O) groups is 5. The topological polar surface area (TPSA) is 244 Å². The molecule has 17 nitrogen and oxygen atoms in total. The number of nitrogens with two attached hydrogens (primary N) is 1. The van der Waals surface area contributed by atoms with Crippen molar-refractivity contribution in [1.29, 1.82) is 0 Å². The van der Waals surface area contributed by atoms with Crippen molar-refractivity contribution in [3.05, 3.63) is 0 Å². The van der Waals surface area contributed by atoms with Gasteiger partial charge in [-0.2, -0.15) is 0 Å². The van der Waals surface area contributed by atoms with E-state index >= 15 is 0 Å². The first kappa shape index (κ1) is 39.6. The number of alkyl carbamates (subject to hydrolysis) is 1. The van der Waals surface area contributed by atoms with Crippen molar-refractivity contribution in [3.8, 4) is 11.8 Å². The number of ether oxygens (including phenoxy) is 5. The van der Waals surface area contributed by atoms with E-state index in [2.05, 4.69) is 27.8 Å². The maximum Gasteiger partial charge on any atom is 0.408 e. The Balaban J connectivity index is 1.32. The maximum atomic E-state index is 13.3. The van der Waals surface area contributed by atoms with E-state index in [4.69, 9.17) is 39.6 Å². The van der Waals surface area contributed by atoms with E-state index in [0.29, 0.717) is 57.4 Å². The van der Waals surface area contributed by atoms with Gasteiger partial charge in [-0.05, 0) is 19.8 Å². The summed E-state index contributed by atoms with van der Waals surface area (Å²) in [6, 6.07) is -1.72. The zero-order valence-electron chi connectivity index (χ0n) is 26.8. The Morgan fingerprint density at radius 3 is 2.62 bits per heavy atom. The van der Waals surface area contributed by atoms with Crippen LogP contribution in [0.25, 0.3) is 0 Å². The number of carbonyl (C=O) groups excluding carboxylic acids is 3. The molecule has 3 saturated heterocycles. The van der Waals surface area contributed by atoms with E-state index in [1.165, 1.54) is 11.8 Å². The monoisotopic (exact) mass is 719 g/mol. The lowest BCUT2D eigenvalue weighted by molar-refractivity contribution is -0.139. The fourth-order valence-electron chi connectivity index (χ4n) is 4.61. The minimum Gasteiger partial charge on any atom is -0.480 e. The number of amides is 3. The first-order chi connectivity index (χ1) is 23.1. The van der Waals surface area contributed by atoms with E-state index < -0.39 is 53.6 Å². The average Bonchev–Trinajstić information content (AvgIpc) is 3.98. The molecule has 3 rings (SSSR count). The van der Waals surface area contributed by atoms with Crippen molar-refractivity contribution in [2.75, 3.05) is 69.9 Å². The maximum absolute atomic E-state index is 13.3. The van der Waals surface area contributed by atoms with Crippen LogP contribution in [-0.4, -0.2) is 157 Å². The van der Waals surface area contributed by atoms with Gasteiger partial charge in [-0.1, -0.05) is 11.8 Å². The molecule has 270 valence electrons. The molecule has 0 spiro atoms. The third-order valence-electron chi connectivity index (χ3n) is 7.18. The van der Waals surface area contributed by atoms with Crippen LogP contribution in [0, 0.1) is 11.8 Å². The Hall–Kier alpha value is -2.83. The smallest absolute Gasteiger partial charge is 0.408 e. The summed E-state index contributed by atoms with van der Waals surface area (Å²) < 4.78 is 27.4. The van der Waals surface area contributed by atoms with Crippen molar-refractivity contribution >= 4 is 53.4 Å². The van der Waals surface area contributed by atoms with Gasteiger partial charge in [0.2, 0.25) is 11.8 Å². The number of carboxylic acid groups (broad SMARTS) is 2. The Labute approximate surface area is 287 Å². The molecule has 0 radical (unpaired) electrons. The second-order valence-corrected chi connectivity index (χ2v) is 13.2. The first-order valence-corrected chi connectivity index (χ1v) is 17.9. The van der Waals surface area contributed by atoms with Crippen LogP contribution in [0.1, 0.15) is 26.2 Å². The predicted molar refractivity (Wildman–Crippen MR) is 174 cm³/mol. The van der Waals surface area contributed by atoms with E-state index in [0.717, 1.165) is 5.75 Å². The number of thioether (sulfide) groups is 2. The quantitative estimate of drug-likeness (QED) is 0.0383. The largest absolute Gasteiger partial charge is 0.480 e. The predicted octanol–water partition coefficient (Wildman–Crippen LogP) is -1.36. The normalized spacial score (nSPS) is 23.6. The molecule has 0 aromatic carbocycles. The van der Waals surface area contributed by atoms with E-state index in [-0.39, 0.29) is 44.2 Å². The highest BCUT2D eigenvalue weighted by Crippen LogP contribution is 2.40. The second-order valence-electron chi connectivity index (χ2n) is 10.8. The van der Waals surface area contributed by atoms with Gasteiger partial charge in [0.15, 0.2) is 12.8 Å². The number of epoxide rings is 2. The number of likely N-dealkylation sites (tertiary alicyclic amines) is 1. The molecule has 3 aliphatic rings. The van der Waals surface area contributed by atoms with Gasteiger partial charge in [-0.3, -0.25) is 24.5 Å². The van der Waals surface area contributed by atoms with Gasteiger partial charge >= 0.3 is 18.0 Å². The number of carboxylic acids is 2. The zero-order valence-corrected chi connectivity index (χ0v) is 28.4. The minimum atomic E-state index is -1.20. The second kappa shape index (κ2) is 21.3. The fourth-order valence-corrected chi connectivity index (χ4v) is 6.51. The number of nitrogens with zero attached hydrogens (tertiary/aromatic N) is 1. The fraction of sp³-hybridized carbons (Fsp3) is 0.759. The summed E-state index contributed by atoms with van der Waals surface area (Å²) in [5, 5.41) is 25.6. The van der Waals surface area contributed by atoms with Crippen LogP contribution in [0.15, 0.2) is 0 Å². The van der Waals surface area contributed by atoms with Crippen LogP contribution in [0.3, 0.4) is 0 Å². The summed E-state index contributed by atoms with van der Waals surface area (Å²) >= 11 is 2.96. The van der Waals surface area contributed by atoms with Crippen molar-refractivity contribution in [3.63, 3.8) is 0 Å². The number of nitrogens with one attached hydrogen (secondary N) is 3. The van der Waals surface area contributed by atoms with Gasteiger partial charge in [-0.15, -0.1) is 23.5 Å². The molecule has 3 heterocycles. The average molecular weight is 720 g/mol. The molecule has 0 aromatic heterocycles. The minimum absolute atomic E-state index is 0.0491. The summed E-state index contributed by atoms with van der Waals surface area (Å²) in [6.45, 7) is 4.01. The molecule has 0 bridgehead atoms. The van der Waals surface area contributed by atoms with Crippen LogP contribution >= 0.6 is 23.5 Å². The van der Waals surface area contributed by atoms with Crippen molar-refractivity contribution in [2.45, 2.75) is 68.2 Å². The molecule has 19 heteroatoms. The van der Waals surface area contributed by atoms with Gasteiger partial charge in [-0.25, -0.2) is 4.79 Å². The first-order valence-electron chi connectivity index (χ1n) is 15.7. The summed E-state index contributed by atoms with van der Waals surface area (Å²) in [5.74, 6) is 4.58. The van der Waals surface area contributed by atoms with Crippen molar-refractivity contribution in [2.24, 2.45) is 5.73 Å². The summed E-state index contributed by atoms with van der Waals surface area (Å²) in [7, 11) is 0. The lowest BCUT2D eigenvalue weighted by atomic mass is 10.1. The molecule has 48 heavy (non-hydrogen) atoms.